The van der Waals surface area contributed by atoms with Crippen molar-refractivity contribution < 1.29 is 9.53 Å². The van der Waals surface area contributed by atoms with Crippen LogP contribution in [0, 0.1) is 6.92 Å². The van der Waals surface area contributed by atoms with Crippen LogP contribution in [-0.4, -0.2) is 26.4 Å². The third kappa shape index (κ3) is 6.02. The number of aromatic nitrogens is 3. The van der Waals surface area contributed by atoms with Crippen LogP contribution in [0.4, 0.5) is 0 Å². The van der Waals surface area contributed by atoms with Gasteiger partial charge in [0.25, 0.3) is 0 Å². The van der Waals surface area contributed by atoms with Gasteiger partial charge in [-0.25, -0.2) is 0 Å². The molecule has 0 saturated carbocycles. The lowest BCUT2D eigenvalue weighted by Crippen LogP contribution is -2.28. The third-order valence-corrected chi connectivity index (χ3v) is 6.08. The summed E-state index contributed by atoms with van der Waals surface area (Å²) < 4.78 is 8.08. The van der Waals surface area contributed by atoms with Gasteiger partial charge in [0.2, 0.25) is 5.91 Å². The fourth-order valence-corrected chi connectivity index (χ4v) is 4.28. The smallest absolute Gasteiger partial charge is 0.230 e. The first kappa shape index (κ1) is 23.2. The number of carbonyl (C=O) groups excluding carboxylic acids is 1. The normalized spacial score (nSPS) is 12.9. The molecule has 1 N–H and O–H groups in total. The van der Waals surface area contributed by atoms with Gasteiger partial charge in [0, 0.05) is 11.6 Å². The summed E-state index contributed by atoms with van der Waals surface area (Å²) in [6.45, 7) is 8.57. The highest BCUT2D eigenvalue weighted by Crippen LogP contribution is 2.28. The molecule has 0 radical (unpaired) electrons. The molecule has 0 aliphatic carbocycles. The number of benzene rings is 2. The monoisotopic (exact) mass is 458 g/mol. The Morgan fingerprint density at radius 2 is 1.94 bits per heavy atom. The summed E-state index contributed by atoms with van der Waals surface area (Å²) in [5.74, 6) is 1.69. The minimum atomic E-state index is -0.298. The molecule has 164 valence electrons. The van der Waals surface area contributed by atoms with Gasteiger partial charge in [-0.2, -0.15) is 0 Å². The van der Waals surface area contributed by atoms with Crippen molar-refractivity contribution in [1.82, 2.24) is 20.1 Å². The van der Waals surface area contributed by atoms with Gasteiger partial charge in [-0.05, 0) is 57.0 Å². The number of rotatable bonds is 9. The van der Waals surface area contributed by atoms with E-state index in [0.29, 0.717) is 16.7 Å². The molecule has 3 rings (SSSR count). The number of nitrogens with one attached hydrogen (secondary N) is 1. The molecule has 0 fully saturated rings. The van der Waals surface area contributed by atoms with E-state index in [1.807, 2.05) is 74.7 Å². The number of hydrogen-bond donors (Lipinski definition) is 1. The van der Waals surface area contributed by atoms with Crippen molar-refractivity contribution in [3.8, 4) is 5.75 Å². The molecule has 1 aromatic heterocycles. The van der Waals surface area contributed by atoms with Crippen LogP contribution in [0.2, 0.25) is 5.02 Å². The topological polar surface area (TPSA) is 69.0 Å². The van der Waals surface area contributed by atoms with Gasteiger partial charge in [0.15, 0.2) is 17.1 Å². The molecule has 0 saturated heterocycles. The summed E-state index contributed by atoms with van der Waals surface area (Å²) in [7, 11) is 0. The summed E-state index contributed by atoms with van der Waals surface area (Å²) in [5.41, 5.74) is 2.03. The lowest BCUT2D eigenvalue weighted by molar-refractivity contribution is -0.119. The number of aryl methyl sites for hydroxylation is 1. The van der Waals surface area contributed by atoms with Gasteiger partial charge in [-0.1, -0.05) is 53.7 Å². The highest BCUT2D eigenvalue weighted by molar-refractivity contribution is 7.99. The Kier molecular flexibility index (Phi) is 7.98. The third-order valence-electron chi connectivity index (χ3n) is 4.88. The zero-order chi connectivity index (χ0) is 22.4. The Morgan fingerprint density at radius 3 is 2.61 bits per heavy atom. The Bertz CT molecular complexity index is 1030. The van der Waals surface area contributed by atoms with E-state index < -0.39 is 0 Å². The molecule has 0 aliphatic heterocycles. The Morgan fingerprint density at radius 1 is 1.19 bits per heavy atom. The zero-order valence-electron chi connectivity index (χ0n) is 18.1. The van der Waals surface area contributed by atoms with E-state index in [1.54, 1.807) is 6.07 Å². The minimum absolute atomic E-state index is 0.0466. The lowest BCUT2D eigenvalue weighted by atomic mass is 10.1. The number of halogens is 1. The summed E-state index contributed by atoms with van der Waals surface area (Å²) in [5, 5.41) is 13.0. The summed E-state index contributed by atoms with van der Waals surface area (Å²) in [6.07, 6.45) is -0.298. The first-order chi connectivity index (χ1) is 14.9. The number of thioether (sulfide) groups is 1. The van der Waals surface area contributed by atoms with Crippen LogP contribution in [0.15, 0.2) is 53.7 Å². The maximum Gasteiger partial charge on any atom is 0.230 e. The highest BCUT2D eigenvalue weighted by Gasteiger charge is 2.20. The van der Waals surface area contributed by atoms with E-state index in [-0.39, 0.29) is 23.8 Å². The second-order valence-electron chi connectivity index (χ2n) is 7.24. The van der Waals surface area contributed by atoms with E-state index in [9.17, 15) is 4.79 Å². The van der Waals surface area contributed by atoms with E-state index in [1.165, 1.54) is 11.8 Å². The van der Waals surface area contributed by atoms with Crippen molar-refractivity contribution in [2.24, 2.45) is 0 Å². The average Bonchev–Trinajstić information content (AvgIpc) is 3.18. The van der Waals surface area contributed by atoms with Gasteiger partial charge in [-0.15, -0.1) is 10.2 Å². The molecule has 6 nitrogen and oxygen atoms in total. The van der Waals surface area contributed by atoms with Gasteiger partial charge in [-0.3, -0.25) is 4.79 Å². The van der Waals surface area contributed by atoms with Crippen LogP contribution < -0.4 is 10.1 Å². The first-order valence-electron chi connectivity index (χ1n) is 10.2. The molecule has 0 bridgehead atoms. The second kappa shape index (κ2) is 10.7. The molecule has 2 unspecified atom stereocenters. The van der Waals surface area contributed by atoms with Crippen LogP contribution in [0.1, 0.15) is 49.9 Å². The van der Waals surface area contributed by atoms with Crippen LogP contribution in [0.25, 0.3) is 0 Å². The molecule has 3 aromatic rings. The minimum Gasteiger partial charge on any atom is -0.482 e. The van der Waals surface area contributed by atoms with Crippen LogP contribution in [0.5, 0.6) is 5.75 Å². The molecular formula is C23H27ClN4O2S. The maximum absolute atomic E-state index is 12.4. The van der Waals surface area contributed by atoms with Gasteiger partial charge in [0.05, 0.1) is 11.8 Å². The molecule has 31 heavy (non-hydrogen) atoms. The SMILES string of the molecule is CCn1c(SCC(=O)NC(C)c2ccccc2)nnc1C(C)Oc1ccc(Cl)cc1C. The van der Waals surface area contributed by atoms with Crippen molar-refractivity contribution in [2.75, 3.05) is 5.75 Å². The molecule has 0 spiro atoms. The van der Waals surface area contributed by atoms with Gasteiger partial charge in [0.1, 0.15) is 5.75 Å². The molecule has 1 amide bonds. The number of hydrogen-bond acceptors (Lipinski definition) is 5. The largest absolute Gasteiger partial charge is 0.482 e. The zero-order valence-corrected chi connectivity index (χ0v) is 19.7. The fraction of sp³-hybridized carbons (Fsp3) is 0.348. The van der Waals surface area contributed by atoms with Crippen molar-refractivity contribution in [2.45, 2.75) is 51.5 Å². The maximum atomic E-state index is 12.4. The number of ether oxygens (including phenoxy) is 1. The van der Waals surface area contributed by atoms with E-state index in [0.717, 1.165) is 22.7 Å². The Labute approximate surface area is 192 Å². The van der Waals surface area contributed by atoms with Crippen molar-refractivity contribution in [3.05, 3.63) is 70.5 Å². The van der Waals surface area contributed by atoms with E-state index in [4.69, 9.17) is 16.3 Å². The summed E-state index contributed by atoms with van der Waals surface area (Å²) in [4.78, 5) is 12.4. The van der Waals surface area contributed by atoms with Gasteiger partial charge < -0.3 is 14.6 Å². The average molecular weight is 459 g/mol. The van der Waals surface area contributed by atoms with E-state index >= 15 is 0 Å². The Hall–Kier alpha value is -2.51. The van der Waals surface area contributed by atoms with Crippen LogP contribution in [0.3, 0.4) is 0 Å². The Balaban J connectivity index is 1.62. The van der Waals surface area contributed by atoms with E-state index in [2.05, 4.69) is 15.5 Å². The predicted octanol–water partition coefficient (Wildman–Crippen LogP) is 5.37. The second-order valence-corrected chi connectivity index (χ2v) is 8.62. The van der Waals surface area contributed by atoms with Crippen LogP contribution in [-0.2, 0) is 11.3 Å². The molecule has 2 aromatic carbocycles. The molecule has 2 atom stereocenters. The van der Waals surface area contributed by atoms with Crippen molar-refractivity contribution >= 4 is 29.3 Å². The van der Waals surface area contributed by atoms with Gasteiger partial charge >= 0.3 is 0 Å². The molecule has 0 aliphatic rings. The quantitative estimate of drug-likeness (QED) is 0.436. The van der Waals surface area contributed by atoms with Crippen LogP contribution >= 0.6 is 23.4 Å². The predicted molar refractivity (Wildman–Crippen MR) is 125 cm³/mol. The molecular weight excluding hydrogens is 432 g/mol. The molecule has 1 heterocycles. The standard InChI is InChI=1S/C23H27ClN4O2S/c1-5-28-22(17(4)30-20-12-11-19(24)13-15(20)2)26-27-23(28)31-14-21(29)25-16(3)18-9-7-6-8-10-18/h6-13,16-17H,5,14H2,1-4H3,(H,25,29). The number of amides is 1. The summed E-state index contributed by atoms with van der Waals surface area (Å²) >= 11 is 7.40. The molecule has 8 heteroatoms. The number of carbonyl (C=O) groups is 1. The fourth-order valence-electron chi connectivity index (χ4n) is 3.23. The lowest BCUT2D eigenvalue weighted by Gasteiger charge is -2.17. The number of nitrogens with zero attached hydrogens (tertiary/aromatic N) is 3. The van der Waals surface area contributed by atoms with Crippen molar-refractivity contribution in [3.63, 3.8) is 0 Å². The summed E-state index contributed by atoms with van der Waals surface area (Å²) in [6, 6.07) is 15.4. The highest BCUT2D eigenvalue weighted by atomic mass is 35.5. The first-order valence-corrected chi connectivity index (χ1v) is 11.6. The van der Waals surface area contributed by atoms with Crippen molar-refractivity contribution in [1.29, 1.82) is 0 Å².